The number of ketones is 1. The summed E-state index contributed by atoms with van der Waals surface area (Å²) in [5.41, 5.74) is -0.187. The first-order valence-corrected chi connectivity index (χ1v) is 8.02. The molecule has 0 spiro atoms. The maximum Gasteiger partial charge on any atom is 0.168 e. The van der Waals surface area contributed by atoms with Crippen LogP contribution in [0.1, 0.15) is 49.0 Å². The molecule has 0 aromatic heterocycles. The fraction of sp³-hybridized carbons (Fsp3) is 0.611. The lowest BCUT2D eigenvalue weighted by Gasteiger charge is -2.56. The highest BCUT2D eigenvalue weighted by atomic mass is 16.5. The van der Waals surface area contributed by atoms with Crippen LogP contribution in [0.5, 0.6) is 11.5 Å². The first-order chi connectivity index (χ1) is 10.8. The fourth-order valence-electron chi connectivity index (χ4n) is 4.67. The van der Waals surface area contributed by atoms with Crippen LogP contribution in [0, 0.1) is 11.3 Å². The highest BCUT2D eigenvalue weighted by Gasteiger charge is 2.58. The van der Waals surface area contributed by atoms with Crippen LogP contribution < -0.4 is 4.74 Å². The molecule has 2 aliphatic carbocycles. The van der Waals surface area contributed by atoms with Gasteiger partial charge in [-0.3, -0.25) is 4.79 Å². The summed E-state index contributed by atoms with van der Waals surface area (Å²) in [6, 6.07) is 3.40. The average Bonchev–Trinajstić information content (AvgIpc) is 2.54. The first-order valence-electron chi connectivity index (χ1n) is 8.02. The highest BCUT2D eigenvalue weighted by molar-refractivity contribution is 6.02. The number of rotatable bonds is 2. The Morgan fingerprint density at radius 2 is 2.04 bits per heavy atom. The molecule has 1 saturated carbocycles. The predicted molar refractivity (Wildman–Crippen MR) is 84.9 cm³/mol. The van der Waals surface area contributed by atoms with Gasteiger partial charge in [0.05, 0.1) is 18.8 Å². The molecule has 3 rings (SSSR count). The number of Topliss-reactive ketones (excluding diaryl/α,β-unsaturated/α-hetero) is 1. The Morgan fingerprint density at radius 1 is 1.35 bits per heavy atom. The molecule has 0 aliphatic heterocycles. The molecule has 5 heteroatoms. The average molecular weight is 320 g/mol. The SMILES string of the molecule is COc1ccc2c(c1O)C(=O)CC1[C@@](C)(CO)CC[C@@H](O)[C@]21C. The second-order valence-electron chi connectivity index (χ2n) is 7.37. The Balaban J connectivity index is 2.25. The molecule has 0 heterocycles. The van der Waals surface area contributed by atoms with E-state index in [0.717, 1.165) is 0 Å². The number of ether oxygens (including phenoxy) is 1. The van der Waals surface area contributed by atoms with E-state index in [1.165, 1.54) is 7.11 Å². The van der Waals surface area contributed by atoms with Gasteiger partial charge in [-0.1, -0.05) is 19.9 Å². The minimum atomic E-state index is -0.678. The third-order valence-corrected chi connectivity index (χ3v) is 6.22. The van der Waals surface area contributed by atoms with Crippen LogP contribution >= 0.6 is 0 Å². The summed E-state index contributed by atoms with van der Waals surface area (Å²) >= 11 is 0. The summed E-state index contributed by atoms with van der Waals surface area (Å²) in [6.07, 6.45) is 0.824. The van der Waals surface area contributed by atoms with E-state index in [4.69, 9.17) is 4.74 Å². The summed E-state index contributed by atoms with van der Waals surface area (Å²) in [5.74, 6) is -0.225. The largest absolute Gasteiger partial charge is 0.504 e. The van der Waals surface area contributed by atoms with E-state index in [2.05, 4.69) is 0 Å². The molecule has 2 aliphatic rings. The van der Waals surface area contributed by atoms with Crippen LogP contribution in [-0.4, -0.2) is 40.9 Å². The third kappa shape index (κ3) is 2.03. The van der Waals surface area contributed by atoms with Crippen LogP contribution in [0.2, 0.25) is 0 Å². The number of hydrogen-bond acceptors (Lipinski definition) is 5. The van der Waals surface area contributed by atoms with Gasteiger partial charge in [-0.15, -0.1) is 0 Å². The van der Waals surface area contributed by atoms with Crippen LogP contribution in [0.4, 0.5) is 0 Å². The Morgan fingerprint density at radius 3 is 2.65 bits per heavy atom. The number of phenolic OH excluding ortho intramolecular Hbond substituents is 1. The molecule has 23 heavy (non-hydrogen) atoms. The molecule has 126 valence electrons. The summed E-state index contributed by atoms with van der Waals surface area (Å²) in [5, 5.41) is 31.0. The molecule has 1 fully saturated rings. The van der Waals surface area contributed by atoms with Gasteiger partial charge < -0.3 is 20.1 Å². The summed E-state index contributed by atoms with van der Waals surface area (Å²) < 4.78 is 5.11. The Hall–Kier alpha value is -1.59. The number of aromatic hydroxyl groups is 1. The molecule has 3 N–H and O–H groups in total. The van der Waals surface area contributed by atoms with Crippen LogP contribution in [0.15, 0.2) is 12.1 Å². The van der Waals surface area contributed by atoms with E-state index >= 15 is 0 Å². The Bertz CT molecular complexity index is 655. The van der Waals surface area contributed by atoms with Crippen LogP contribution in [-0.2, 0) is 5.41 Å². The van der Waals surface area contributed by atoms with Crippen molar-refractivity contribution in [1.82, 2.24) is 0 Å². The van der Waals surface area contributed by atoms with Gasteiger partial charge >= 0.3 is 0 Å². The van der Waals surface area contributed by atoms with Crippen molar-refractivity contribution in [2.24, 2.45) is 11.3 Å². The number of phenols is 1. The zero-order valence-corrected chi connectivity index (χ0v) is 13.8. The highest BCUT2D eigenvalue weighted by Crippen LogP contribution is 2.58. The van der Waals surface area contributed by atoms with Gasteiger partial charge in [-0.25, -0.2) is 0 Å². The fourth-order valence-corrected chi connectivity index (χ4v) is 4.67. The van der Waals surface area contributed by atoms with Crippen molar-refractivity contribution in [2.45, 2.75) is 44.6 Å². The molecular formula is C18H24O5. The van der Waals surface area contributed by atoms with E-state index in [1.807, 2.05) is 13.8 Å². The van der Waals surface area contributed by atoms with Crippen LogP contribution in [0.25, 0.3) is 0 Å². The van der Waals surface area contributed by atoms with Gasteiger partial charge in [0.2, 0.25) is 0 Å². The van der Waals surface area contributed by atoms with Crippen molar-refractivity contribution in [3.63, 3.8) is 0 Å². The molecular weight excluding hydrogens is 296 g/mol. The maximum atomic E-state index is 12.7. The number of aliphatic hydroxyl groups is 2. The molecule has 0 saturated heterocycles. The standard InChI is InChI=1S/C18H24O5/c1-17(9-19)7-6-14(21)18(2)10-4-5-12(23-3)16(22)15(10)11(20)8-13(17)18/h4-5,13-14,19,21-22H,6-9H2,1-3H3/t13?,14-,17-,18-/m1/s1. The normalized spacial score (nSPS) is 36.3. The number of benzene rings is 1. The molecule has 5 nitrogen and oxygen atoms in total. The lowest BCUT2D eigenvalue weighted by molar-refractivity contribution is -0.0814. The van der Waals surface area contributed by atoms with Gasteiger partial charge in [0, 0.05) is 18.4 Å². The molecule has 1 aromatic carbocycles. The number of carbonyl (C=O) groups is 1. The predicted octanol–water partition coefficient (Wildman–Crippen LogP) is 2.01. The number of hydrogen-bond donors (Lipinski definition) is 3. The van der Waals surface area contributed by atoms with Crippen molar-refractivity contribution in [3.8, 4) is 11.5 Å². The molecule has 1 aromatic rings. The second-order valence-corrected chi connectivity index (χ2v) is 7.37. The van der Waals surface area contributed by atoms with E-state index in [1.54, 1.807) is 12.1 Å². The number of aliphatic hydroxyl groups excluding tert-OH is 2. The van der Waals surface area contributed by atoms with Crippen molar-refractivity contribution >= 4 is 5.78 Å². The topological polar surface area (TPSA) is 87.0 Å². The van der Waals surface area contributed by atoms with Gasteiger partial charge in [0.1, 0.15) is 0 Å². The van der Waals surface area contributed by atoms with Gasteiger partial charge in [-0.05, 0) is 35.8 Å². The Labute approximate surface area is 135 Å². The number of methoxy groups -OCH3 is 1. The molecule has 0 bridgehead atoms. The van der Waals surface area contributed by atoms with Crippen LogP contribution in [0.3, 0.4) is 0 Å². The Kier molecular flexibility index (Phi) is 3.69. The lowest BCUT2D eigenvalue weighted by atomic mass is 9.48. The van der Waals surface area contributed by atoms with E-state index in [9.17, 15) is 20.1 Å². The van der Waals surface area contributed by atoms with Gasteiger partial charge in [-0.2, -0.15) is 0 Å². The molecule has 0 amide bonds. The quantitative estimate of drug-likeness (QED) is 0.776. The third-order valence-electron chi connectivity index (χ3n) is 6.22. The minimum Gasteiger partial charge on any atom is -0.504 e. The van der Waals surface area contributed by atoms with E-state index in [0.29, 0.717) is 18.4 Å². The van der Waals surface area contributed by atoms with Gasteiger partial charge in [0.15, 0.2) is 17.3 Å². The van der Waals surface area contributed by atoms with E-state index in [-0.39, 0.29) is 41.8 Å². The zero-order valence-electron chi connectivity index (χ0n) is 13.8. The van der Waals surface area contributed by atoms with Crippen molar-refractivity contribution < 1.29 is 24.9 Å². The van der Waals surface area contributed by atoms with Crippen molar-refractivity contribution in [3.05, 3.63) is 23.3 Å². The summed E-state index contributed by atoms with van der Waals surface area (Å²) in [4.78, 5) is 12.7. The summed E-state index contributed by atoms with van der Waals surface area (Å²) in [7, 11) is 1.44. The number of carbonyl (C=O) groups excluding carboxylic acids is 1. The minimum absolute atomic E-state index is 0.0231. The van der Waals surface area contributed by atoms with Crippen molar-refractivity contribution in [1.29, 1.82) is 0 Å². The first kappa shape index (κ1) is 16.3. The van der Waals surface area contributed by atoms with Crippen molar-refractivity contribution in [2.75, 3.05) is 13.7 Å². The molecule has 1 unspecified atom stereocenters. The maximum absolute atomic E-state index is 12.7. The second kappa shape index (κ2) is 5.21. The number of fused-ring (bicyclic) bond motifs is 3. The van der Waals surface area contributed by atoms with Gasteiger partial charge in [0.25, 0.3) is 0 Å². The monoisotopic (exact) mass is 320 g/mol. The summed E-state index contributed by atoms with van der Waals surface area (Å²) in [6.45, 7) is 3.89. The molecule has 4 atom stereocenters. The lowest BCUT2D eigenvalue weighted by Crippen LogP contribution is -2.58. The smallest absolute Gasteiger partial charge is 0.168 e. The van der Waals surface area contributed by atoms with E-state index < -0.39 is 16.9 Å². The zero-order chi connectivity index (χ0) is 17.0. The molecule has 0 radical (unpaired) electrons.